The minimum Gasteiger partial charge on any atom is -0.361 e. The maximum absolute atomic E-state index is 13.2. The monoisotopic (exact) mass is 382 g/mol. The van der Waals surface area contributed by atoms with Crippen molar-refractivity contribution < 1.29 is 9.32 Å². The van der Waals surface area contributed by atoms with Crippen LogP contribution in [0.25, 0.3) is 0 Å². The fourth-order valence-corrected chi connectivity index (χ4v) is 5.21. The van der Waals surface area contributed by atoms with Crippen LogP contribution in [0.2, 0.25) is 0 Å². The number of carbonyl (C=O) groups is 1. The molecular weight excluding hydrogens is 352 g/mol. The van der Waals surface area contributed by atoms with E-state index in [0.29, 0.717) is 22.9 Å². The molecule has 0 saturated carbocycles. The van der Waals surface area contributed by atoms with E-state index in [1.165, 1.54) is 5.56 Å². The van der Waals surface area contributed by atoms with Crippen molar-refractivity contribution >= 4 is 5.91 Å². The number of carbonyl (C=O) groups excluding carboxylic acids is 1. The molecular formula is C22H30N4O2. The number of nitrogens with zero attached hydrogens (tertiary/aromatic N) is 4. The molecule has 2 aliphatic heterocycles. The first kappa shape index (κ1) is 19.2. The second-order valence-electron chi connectivity index (χ2n) is 8.84. The van der Waals surface area contributed by atoms with Gasteiger partial charge in [0, 0.05) is 44.7 Å². The van der Waals surface area contributed by atoms with Crippen LogP contribution < -0.4 is 0 Å². The van der Waals surface area contributed by atoms with Crippen LogP contribution in [0.4, 0.5) is 0 Å². The second kappa shape index (κ2) is 7.33. The van der Waals surface area contributed by atoms with Crippen molar-refractivity contribution in [3.05, 3.63) is 52.9 Å². The summed E-state index contributed by atoms with van der Waals surface area (Å²) in [5, 5.41) is 3.97. The number of fused-ring (bicyclic) bond motifs is 1. The van der Waals surface area contributed by atoms with E-state index in [0.717, 1.165) is 39.3 Å². The summed E-state index contributed by atoms with van der Waals surface area (Å²) in [5.41, 5.74) is 2.80. The summed E-state index contributed by atoms with van der Waals surface area (Å²) in [7, 11) is 4.26. The lowest BCUT2D eigenvalue weighted by molar-refractivity contribution is 0.0745. The molecule has 1 aromatic heterocycles. The van der Waals surface area contributed by atoms with E-state index in [1.54, 1.807) is 0 Å². The van der Waals surface area contributed by atoms with Crippen molar-refractivity contribution in [1.29, 1.82) is 0 Å². The maximum atomic E-state index is 13.2. The van der Waals surface area contributed by atoms with Crippen LogP contribution in [-0.4, -0.2) is 72.6 Å². The minimum absolute atomic E-state index is 0.0680. The molecule has 0 spiro atoms. The number of aryl methyl sites for hydroxylation is 2. The first-order valence-corrected chi connectivity index (χ1v) is 10.0. The summed E-state index contributed by atoms with van der Waals surface area (Å²) in [6.07, 6.45) is 0. The van der Waals surface area contributed by atoms with E-state index in [2.05, 4.69) is 59.4 Å². The SMILES string of the molecule is Cc1noc(C)c1C(=O)N1C[C@H]2CN(Cc3ccccc3)C[C@@]2(CN(C)C)C1. The van der Waals surface area contributed by atoms with Gasteiger partial charge < -0.3 is 14.3 Å². The Morgan fingerprint density at radius 3 is 2.61 bits per heavy atom. The highest BCUT2D eigenvalue weighted by molar-refractivity contribution is 5.96. The predicted molar refractivity (Wildman–Crippen MR) is 108 cm³/mol. The van der Waals surface area contributed by atoms with Gasteiger partial charge in [-0.25, -0.2) is 0 Å². The van der Waals surface area contributed by atoms with Gasteiger partial charge in [0.05, 0.1) is 5.69 Å². The van der Waals surface area contributed by atoms with Gasteiger partial charge in [0.2, 0.25) is 0 Å². The third-order valence-electron chi connectivity index (χ3n) is 6.24. The van der Waals surface area contributed by atoms with Crippen LogP contribution in [-0.2, 0) is 6.54 Å². The normalized spacial score (nSPS) is 24.9. The molecule has 28 heavy (non-hydrogen) atoms. The van der Waals surface area contributed by atoms with Crippen molar-refractivity contribution in [3.63, 3.8) is 0 Å². The number of hydrogen-bond donors (Lipinski definition) is 0. The number of rotatable bonds is 5. The number of hydrogen-bond acceptors (Lipinski definition) is 5. The predicted octanol–water partition coefficient (Wildman–Crippen LogP) is 2.43. The highest BCUT2D eigenvalue weighted by Gasteiger charge is 2.53. The summed E-state index contributed by atoms with van der Waals surface area (Å²) >= 11 is 0. The maximum Gasteiger partial charge on any atom is 0.259 e. The summed E-state index contributed by atoms with van der Waals surface area (Å²) in [6.45, 7) is 9.30. The Morgan fingerprint density at radius 1 is 1.21 bits per heavy atom. The molecule has 2 fully saturated rings. The van der Waals surface area contributed by atoms with Crippen LogP contribution in [0.3, 0.4) is 0 Å². The van der Waals surface area contributed by atoms with Gasteiger partial charge >= 0.3 is 0 Å². The van der Waals surface area contributed by atoms with Crippen LogP contribution in [0.1, 0.15) is 27.4 Å². The van der Waals surface area contributed by atoms with Gasteiger partial charge in [0.25, 0.3) is 5.91 Å². The molecule has 0 aliphatic carbocycles. The largest absolute Gasteiger partial charge is 0.361 e. The number of likely N-dealkylation sites (tertiary alicyclic amines) is 2. The lowest BCUT2D eigenvalue weighted by atomic mass is 9.80. The number of amides is 1. The van der Waals surface area contributed by atoms with Gasteiger partial charge in [0.1, 0.15) is 11.3 Å². The van der Waals surface area contributed by atoms with Crippen LogP contribution >= 0.6 is 0 Å². The topological polar surface area (TPSA) is 52.8 Å². The summed E-state index contributed by atoms with van der Waals surface area (Å²) in [6, 6.07) is 10.7. The second-order valence-corrected chi connectivity index (χ2v) is 8.84. The van der Waals surface area contributed by atoms with Gasteiger partial charge in [-0.05, 0) is 39.4 Å². The summed E-state index contributed by atoms with van der Waals surface area (Å²) in [5.74, 6) is 1.17. The molecule has 0 N–H and O–H groups in total. The van der Waals surface area contributed by atoms with Crippen molar-refractivity contribution in [3.8, 4) is 0 Å². The quantitative estimate of drug-likeness (QED) is 0.795. The highest BCUT2D eigenvalue weighted by Crippen LogP contribution is 2.44. The lowest BCUT2D eigenvalue weighted by Crippen LogP contribution is -2.43. The van der Waals surface area contributed by atoms with Crippen LogP contribution in [0, 0.1) is 25.2 Å². The van der Waals surface area contributed by atoms with Crippen molar-refractivity contribution in [1.82, 2.24) is 19.9 Å². The highest BCUT2D eigenvalue weighted by atomic mass is 16.5. The van der Waals surface area contributed by atoms with Gasteiger partial charge in [-0.2, -0.15) is 0 Å². The van der Waals surface area contributed by atoms with Crippen LogP contribution in [0.5, 0.6) is 0 Å². The van der Waals surface area contributed by atoms with Gasteiger partial charge in [-0.15, -0.1) is 0 Å². The Labute approximate surface area is 167 Å². The molecule has 0 bridgehead atoms. The molecule has 150 valence electrons. The number of benzene rings is 1. The fraction of sp³-hybridized carbons (Fsp3) is 0.545. The Hall–Kier alpha value is -2.18. The number of aromatic nitrogens is 1. The molecule has 0 radical (unpaired) electrons. The van der Waals surface area contributed by atoms with Crippen molar-refractivity contribution in [2.45, 2.75) is 20.4 Å². The molecule has 2 aromatic rings. The van der Waals surface area contributed by atoms with E-state index >= 15 is 0 Å². The van der Waals surface area contributed by atoms with E-state index in [4.69, 9.17) is 4.52 Å². The van der Waals surface area contributed by atoms with E-state index in [-0.39, 0.29) is 11.3 Å². The van der Waals surface area contributed by atoms with Gasteiger partial charge in [-0.1, -0.05) is 35.5 Å². The molecule has 1 aromatic carbocycles. The lowest BCUT2D eigenvalue weighted by Gasteiger charge is -2.32. The molecule has 0 unspecified atom stereocenters. The summed E-state index contributed by atoms with van der Waals surface area (Å²) in [4.78, 5) is 20.0. The Morgan fingerprint density at radius 2 is 1.96 bits per heavy atom. The van der Waals surface area contributed by atoms with Gasteiger partial charge in [0.15, 0.2) is 0 Å². The fourth-order valence-electron chi connectivity index (χ4n) is 5.21. The molecule has 1 amide bonds. The van der Waals surface area contributed by atoms with Gasteiger partial charge in [-0.3, -0.25) is 9.69 Å². The van der Waals surface area contributed by atoms with E-state index in [9.17, 15) is 4.79 Å². The standard InChI is InChI=1S/C22H30N4O2/c1-16-20(17(2)28-23-16)21(27)26-12-19-11-25(10-18-8-6-5-7-9-18)14-22(19,15-26)13-24(3)4/h5-9,19H,10-15H2,1-4H3/t19-,22+/m1/s1. The van der Waals surface area contributed by atoms with E-state index in [1.807, 2.05) is 18.7 Å². The zero-order valence-electron chi connectivity index (χ0n) is 17.3. The molecule has 2 atom stereocenters. The molecule has 3 heterocycles. The minimum atomic E-state index is 0.0680. The van der Waals surface area contributed by atoms with Crippen molar-refractivity contribution in [2.24, 2.45) is 11.3 Å². The molecule has 4 rings (SSSR count). The van der Waals surface area contributed by atoms with Crippen LogP contribution in [0.15, 0.2) is 34.9 Å². The summed E-state index contributed by atoms with van der Waals surface area (Å²) < 4.78 is 5.23. The first-order valence-electron chi connectivity index (χ1n) is 10.0. The third kappa shape index (κ3) is 3.47. The molecule has 2 aliphatic rings. The Kier molecular flexibility index (Phi) is 5.02. The average molecular weight is 383 g/mol. The van der Waals surface area contributed by atoms with E-state index < -0.39 is 0 Å². The third-order valence-corrected chi connectivity index (χ3v) is 6.24. The Bertz CT molecular complexity index is 828. The molecule has 6 nitrogen and oxygen atoms in total. The molecule has 6 heteroatoms. The molecule has 2 saturated heterocycles. The first-order chi connectivity index (χ1) is 13.4. The Balaban J connectivity index is 1.52. The zero-order valence-corrected chi connectivity index (χ0v) is 17.3. The zero-order chi connectivity index (χ0) is 19.9. The average Bonchev–Trinajstić information content (AvgIpc) is 3.24. The van der Waals surface area contributed by atoms with Crippen molar-refractivity contribution in [2.75, 3.05) is 46.8 Å². The smallest absolute Gasteiger partial charge is 0.259 e.